The fourth-order valence-corrected chi connectivity index (χ4v) is 8.42. The topological polar surface area (TPSA) is 115 Å². The van der Waals surface area contributed by atoms with Gasteiger partial charge in [-0.3, -0.25) is 4.79 Å². The van der Waals surface area contributed by atoms with Gasteiger partial charge < -0.3 is 29.3 Å². The molecule has 0 spiro atoms. The quantitative estimate of drug-likeness (QED) is 0.0889. The lowest BCUT2D eigenvalue weighted by atomic mass is 9.85. The van der Waals surface area contributed by atoms with Crippen LogP contribution in [0.2, 0.25) is 18.1 Å². The van der Waals surface area contributed by atoms with E-state index >= 15 is 4.79 Å². The third-order valence-corrected chi connectivity index (χ3v) is 16.1. The van der Waals surface area contributed by atoms with E-state index < -0.39 is 50.5 Å². The molecule has 0 radical (unpaired) electrons. The molecule has 3 amide bonds. The maximum Gasteiger partial charge on any atom is 0.417 e. The number of anilines is 1. The average Bonchev–Trinajstić information content (AvgIpc) is 3.66. The minimum atomic E-state index is -2.38. The molecule has 0 bridgehead atoms. The minimum absolute atomic E-state index is 0.0317. The van der Waals surface area contributed by atoms with Gasteiger partial charge in [-0.25, -0.2) is 18.9 Å². The first-order valence-electron chi connectivity index (χ1n) is 20.6. The number of imide groups is 1. The van der Waals surface area contributed by atoms with Gasteiger partial charge in [-0.2, -0.15) is 0 Å². The maximum absolute atomic E-state index is 15.3. The highest BCUT2D eigenvalue weighted by Gasteiger charge is 2.45. The third kappa shape index (κ3) is 11.6. The summed E-state index contributed by atoms with van der Waals surface area (Å²) in [7, 11) is -0.790. The van der Waals surface area contributed by atoms with Crippen molar-refractivity contribution < 1.29 is 37.4 Å². The van der Waals surface area contributed by atoms with Gasteiger partial charge in [-0.1, -0.05) is 118 Å². The van der Waals surface area contributed by atoms with E-state index in [0.717, 1.165) is 27.8 Å². The van der Waals surface area contributed by atoms with Crippen LogP contribution in [-0.2, 0) is 31.8 Å². The number of cyclic esters (lactones) is 1. The van der Waals surface area contributed by atoms with Gasteiger partial charge in [0.2, 0.25) is 5.91 Å². The highest BCUT2D eigenvalue weighted by atomic mass is 28.4. The molecular formula is C49H56FN3O7Si. The first-order chi connectivity index (χ1) is 29.2. The largest absolute Gasteiger partial charge is 0.497 e. The Morgan fingerprint density at radius 1 is 0.820 bits per heavy atom. The van der Waals surface area contributed by atoms with Crippen molar-refractivity contribution in [1.29, 1.82) is 0 Å². The van der Waals surface area contributed by atoms with Crippen LogP contribution < -0.4 is 15.4 Å². The van der Waals surface area contributed by atoms with Gasteiger partial charge in [0, 0.05) is 12.2 Å². The van der Waals surface area contributed by atoms with E-state index in [1.54, 1.807) is 19.2 Å². The van der Waals surface area contributed by atoms with Gasteiger partial charge in [0.25, 0.3) is 0 Å². The molecule has 2 N–H and O–H groups in total. The predicted molar refractivity (Wildman–Crippen MR) is 237 cm³/mol. The van der Waals surface area contributed by atoms with Crippen LogP contribution in [0.25, 0.3) is 0 Å². The Labute approximate surface area is 359 Å². The predicted octanol–water partition coefficient (Wildman–Crippen LogP) is 11.3. The van der Waals surface area contributed by atoms with E-state index in [-0.39, 0.29) is 37.0 Å². The molecule has 0 aliphatic carbocycles. The number of hydrogen-bond donors (Lipinski definition) is 2. The number of hydrogen-bond acceptors (Lipinski definition) is 8. The Kier molecular flexibility index (Phi) is 14.6. The Morgan fingerprint density at radius 3 is 2.07 bits per heavy atom. The van der Waals surface area contributed by atoms with Crippen molar-refractivity contribution in [2.45, 2.75) is 83.1 Å². The van der Waals surface area contributed by atoms with E-state index in [0.29, 0.717) is 17.9 Å². The number of alkyl carbamates (subject to hydrolysis) is 1. The standard InChI is InChI=1S/C49H56FN3O7Si/c1-49(2,3)61(5,6)60-44(37-19-23-39(50)24-20-37)30-29-42(46(54)53-43(33-59-48(53)56)36-15-11-8-12-16-36)45(38-21-27-41(57-4)28-22-38)52-40-25-17-34(18-26-40)31-51-47(55)58-32-35-13-9-7-10-14-35/h7-28,42-45,52H,29-33H2,1-6H3,(H,51,55). The number of amides is 3. The van der Waals surface area contributed by atoms with Crippen LogP contribution in [0.15, 0.2) is 133 Å². The van der Waals surface area contributed by atoms with E-state index in [4.69, 9.17) is 18.6 Å². The molecule has 4 unspecified atom stereocenters. The van der Waals surface area contributed by atoms with Crippen LogP contribution in [0.4, 0.5) is 19.7 Å². The van der Waals surface area contributed by atoms with Crippen LogP contribution in [0, 0.1) is 11.7 Å². The van der Waals surface area contributed by atoms with Crippen molar-refractivity contribution >= 4 is 32.1 Å². The lowest BCUT2D eigenvalue weighted by molar-refractivity contribution is -0.134. The summed E-state index contributed by atoms with van der Waals surface area (Å²) in [5, 5.41) is 6.33. The lowest BCUT2D eigenvalue weighted by Crippen LogP contribution is -2.43. The Balaban J connectivity index is 1.33. The molecule has 0 saturated carbocycles. The number of benzene rings is 5. The summed E-state index contributed by atoms with van der Waals surface area (Å²) < 4.78 is 37.8. The first kappa shape index (κ1) is 44.6. The molecule has 10 nitrogen and oxygen atoms in total. The second kappa shape index (κ2) is 20.1. The van der Waals surface area contributed by atoms with Crippen molar-refractivity contribution in [3.63, 3.8) is 0 Å². The summed E-state index contributed by atoms with van der Waals surface area (Å²) in [6.45, 7) is 11.3. The van der Waals surface area contributed by atoms with Gasteiger partial charge in [0.15, 0.2) is 8.32 Å². The van der Waals surface area contributed by atoms with E-state index in [2.05, 4.69) is 44.5 Å². The highest BCUT2D eigenvalue weighted by molar-refractivity contribution is 6.74. The molecule has 61 heavy (non-hydrogen) atoms. The van der Waals surface area contributed by atoms with Crippen molar-refractivity contribution in [3.8, 4) is 5.75 Å². The zero-order chi connectivity index (χ0) is 43.6. The average molecular weight is 846 g/mol. The van der Waals surface area contributed by atoms with Crippen LogP contribution in [0.3, 0.4) is 0 Å². The molecule has 320 valence electrons. The van der Waals surface area contributed by atoms with Crippen LogP contribution in [-0.4, -0.2) is 45.0 Å². The fraction of sp³-hybridized carbons (Fsp3) is 0.327. The second-order valence-electron chi connectivity index (χ2n) is 16.8. The fourth-order valence-electron chi connectivity index (χ4n) is 7.11. The number of nitrogens with zero attached hydrogens (tertiary/aromatic N) is 1. The molecule has 1 aliphatic rings. The molecule has 1 saturated heterocycles. The second-order valence-corrected chi connectivity index (χ2v) is 21.6. The normalized spacial score (nSPS) is 15.6. The molecular weight excluding hydrogens is 790 g/mol. The van der Waals surface area contributed by atoms with Crippen LogP contribution in [0.5, 0.6) is 5.75 Å². The van der Waals surface area contributed by atoms with Crippen molar-refractivity contribution in [3.05, 3.63) is 167 Å². The zero-order valence-electron chi connectivity index (χ0n) is 35.7. The number of methoxy groups -OCH3 is 1. The number of rotatable bonds is 17. The maximum atomic E-state index is 15.3. The number of halogens is 1. The molecule has 12 heteroatoms. The van der Waals surface area contributed by atoms with Crippen molar-refractivity contribution in [2.24, 2.45) is 5.92 Å². The first-order valence-corrected chi connectivity index (χ1v) is 23.6. The Bertz CT molecular complexity index is 2200. The lowest BCUT2D eigenvalue weighted by Gasteiger charge is -2.40. The van der Waals surface area contributed by atoms with E-state index in [1.165, 1.54) is 17.0 Å². The summed E-state index contributed by atoms with van der Waals surface area (Å²) >= 11 is 0. The number of nitrogens with one attached hydrogen (secondary N) is 2. The summed E-state index contributed by atoms with van der Waals surface area (Å²) in [6.07, 6.45) is -1.01. The molecule has 5 aromatic rings. The minimum Gasteiger partial charge on any atom is -0.497 e. The van der Waals surface area contributed by atoms with Crippen LogP contribution >= 0.6 is 0 Å². The molecule has 4 atom stereocenters. The smallest absolute Gasteiger partial charge is 0.417 e. The van der Waals surface area contributed by atoms with Gasteiger partial charge in [0.05, 0.1) is 25.2 Å². The summed E-state index contributed by atoms with van der Waals surface area (Å²) in [5.74, 6) is -0.923. The number of carbonyl (C=O) groups is 3. The summed E-state index contributed by atoms with van der Waals surface area (Å²) in [5.41, 5.74) is 4.83. The van der Waals surface area contributed by atoms with Gasteiger partial charge in [-0.15, -0.1) is 0 Å². The molecule has 5 aromatic carbocycles. The molecule has 1 fully saturated rings. The molecule has 1 aliphatic heterocycles. The summed E-state index contributed by atoms with van der Waals surface area (Å²) in [6, 6.07) is 39.0. The Morgan fingerprint density at radius 2 is 1.44 bits per heavy atom. The van der Waals surface area contributed by atoms with Gasteiger partial charge in [0.1, 0.15) is 30.8 Å². The zero-order valence-corrected chi connectivity index (χ0v) is 36.7. The van der Waals surface area contributed by atoms with Gasteiger partial charge in [-0.05, 0) is 95.2 Å². The Hall–Kier alpha value is -5.98. The van der Waals surface area contributed by atoms with E-state index in [9.17, 15) is 14.0 Å². The highest BCUT2D eigenvalue weighted by Crippen LogP contribution is 2.43. The third-order valence-electron chi connectivity index (χ3n) is 11.6. The molecule has 0 aromatic heterocycles. The van der Waals surface area contributed by atoms with Crippen molar-refractivity contribution in [2.75, 3.05) is 19.0 Å². The van der Waals surface area contributed by atoms with E-state index in [1.807, 2.05) is 109 Å². The van der Waals surface area contributed by atoms with Crippen LogP contribution in [0.1, 0.15) is 79.6 Å². The SMILES string of the molecule is COc1ccc(C(Nc2ccc(CNC(=O)OCc3ccccc3)cc2)C(CCC(O[Si](C)(C)C(C)(C)C)c2ccc(F)cc2)C(=O)N2C(=O)OCC2c2ccccc2)cc1. The number of ether oxygens (including phenoxy) is 3. The monoisotopic (exact) mass is 845 g/mol. The van der Waals surface area contributed by atoms with Gasteiger partial charge >= 0.3 is 12.2 Å². The molecule has 6 rings (SSSR count). The summed E-state index contributed by atoms with van der Waals surface area (Å²) in [4.78, 5) is 42.6. The van der Waals surface area contributed by atoms with Crippen molar-refractivity contribution in [1.82, 2.24) is 10.2 Å². The number of carbonyl (C=O) groups excluding carboxylic acids is 3. The molecule has 1 heterocycles.